The molecular formula is C15H14O5. The summed E-state index contributed by atoms with van der Waals surface area (Å²) in [5.41, 5.74) is 2.09. The van der Waals surface area contributed by atoms with Gasteiger partial charge in [0.2, 0.25) is 0 Å². The van der Waals surface area contributed by atoms with Crippen LogP contribution in [0.3, 0.4) is 0 Å². The second-order valence-electron chi connectivity index (χ2n) is 4.35. The average Bonchev–Trinajstić information content (AvgIpc) is 2.47. The first-order valence-electron chi connectivity index (χ1n) is 6.44. The van der Waals surface area contributed by atoms with Crippen LogP contribution in [-0.2, 0) is 18.9 Å². The van der Waals surface area contributed by atoms with Crippen LogP contribution in [0.4, 0.5) is 4.79 Å². The standard InChI is InChI=1S/C15H14O5/c1-2-17-15(16)20-13-8-6-11-12(19-13)7-5-10-4-3-9-18-14(10)11/h3-5,7-9,14H,2,6H2,1H3. The van der Waals surface area contributed by atoms with E-state index in [0.717, 1.165) is 11.1 Å². The molecule has 1 atom stereocenters. The molecular weight excluding hydrogens is 260 g/mol. The number of carbonyl (C=O) groups is 1. The maximum atomic E-state index is 11.3. The van der Waals surface area contributed by atoms with Gasteiger partial charge in [-0.05, 0) is 24.6 Å². The summed E-state index contributed by atoms with van der Waals surface area (Å²) >= 11 is 0. The highest BCUT2D eigenvalue weighted by Crippen LogP contribution is 2.35. The molecule has 0 saturated carbocycles. The molecule has 3 aliphatic rings. The van der Waals surface area contributed by atoms with Crippen molar-refractivity contribution >= 4 is 6.16 Å². The van der Waals surface area contributed by atoms with Gasteiger partial charge in [0.15, 0.2) is 0 Å². The molecule has 104 valence electrons. The van der Waals surface area contributed by atoms with Crippen molar-refractivity contribution in [2.24, 2.45) is 0 Å². The third-order valence-corrected chi connectivity index (χ3v) is 3.09. The largest absolute Gasteiger partial charge is 0.516 e. The highest BCUT2D eigenvalue weighted by molar-refractivity contribution is 5.61. The van der Waals surface area contributed by atoms with Gasteiger partial charge in [0.25, 0.3) is 5.95 Å². The summed E-state index contributed by atoms with van der Waals surface area (Å²) in [7, 11) is 0. The molecule has 0 saturated heterocycles. The normalized spacial score (nSPS) is 22.8. The van der Waals surface area contributed by atoms with E-state index >= 15 is 0 Å². The fourth-order valence-corrected chi connectivity index (χ4v) is 2.22. The maximum absolute atomic E-state index is 11.3. The van der Waals surface area contributed by atoms with Gasteiger partial charge < -0.3 is 18.9 Å². The van der Waals surface area contributed by atoms with Crippen LogP contribution >= 0.6 is 0 Å². The molecule has 0 aromatic rings. The molecule has 0 radical (unpaired) electrons. The van der Waals surface area contributed by atoms with Gasteiger partial charge in [-0.25, -0.2) is 4.79 Å². The zero-order valence-corrected chi connectivity index (χ0v) is 11.0. The third-order valence-electron chi connectivity index (χ3n) is 3.09. The summed E-state index contributed by atoms with van der Waals surface area (Å²) in [6, 6.07) is 0. The molecule has 3 rings (SSSR count). The highest BCUT2D eigenvalue weighted by Gasteiger charge is 2.30. The lowest BCUT2D eigenvalue weighted by Crippen LogP contribution is -2.24. The maximum Gasteiger partial charge on any atom is 0.516 e. The summed E-state index contributed by atoms with van der Waals surface area (Å²) in [4.78, 5) is 11.3. The van der Waals surface area contributed by atoms with E-state index in [2.05, 4.69) is 0 Å². The van der Waals surface area contributed by atoms with Crippen LogP contribution in [0.2, 0.25) is 0 Å². The number of hydrogen-bond acceptors (Lipinski definition) is 5. The Hall–Kier alpha value is -2.43. The summed E-state index contributed by atoms with van der Waals surface area (Å²) in [5.74, 6) is 0.801. The van der Waals surface area contributed by atoms with Crippen molar-refractivity contribution in [3.8, 4) is 0 Å². The molecule has 0 N–H and O–H groups in total. The minimum absolute atomic E-state index is 0.125. The zero-order chi connectivity index (χ0) is 13.9. The highest BCUT2D eigenvalue weighted by atomic mass is 16.8. The summed E-state index contributed by atoms with van der Waals surface area (Å²) in [6.07, 6.45) is 10.7. The lowest BCUT2D eigenvalue weighted by atomic mass is 9.91. The Morgan fingerprint density at radius 3 is 3.20 bits per heavy atom. The monoisotopic (exact) mass is 274 g/mol. The molecule has 0 bridgehead atoms. The second kappa shape index (κ2) is 5.28. The van der Waals surface area contributed by atoms with E-state index in [1.54, 1.807) is 19.3 Å². The average molecular weight is 274 g/mol. The smallest absolute Gasteiger partial charge is 0.489 e. The number of hydrogen-bond donors (Lipinski definition) is 0. The molecule has 2 heterocycles. The molecule has 1 aliphatic carbocycles. The summed E-state index contributed by atoms with van der Waals surface area (Å²) in [5, 5.41) is 0. The van der Waals surface area contributed by atoms with E-state index in [1.165, 1.54) is 0 Å². The Morgan fingerprint density at radius 1 is 1.45 bits per heavy atom. The summed E-state index contributed by atoms with van der Waals surface area (Å²) < 4.78 is 20.8. The number of ether oxygens (including phenoxy) is 4. The molecule has 5 nitrogen and oxygen atoms in total. The lowest BCUT2D eigenvalue weighted by molar-refractivity contribution is 0.0364. The van der Waals surface area contributed by atoms with Crippen molar-refractivity contribution in [2.45, 2.75) is 19.4 Å². The van der Waals surface area contributed by atoms with Gasteiger partial charge in [-0.1, -0.05) is 12.2 Å². The first-order valence-corrected chi connectivity index (χ1v) is 6.44. The minimum Gasteiger partial charge on any atom is -0.489 e. The van der Waals surface area contributed by atoms with Crippen molar-refractivity contribution in [3.05, 3.63) is 59.5 Å². The SMILES string of the molecule is CCOC(=O)OC1=CCC2=C(C=CC3=CC=COC32)O1. The number of carbonyl (C=O) groups excluding carboxylic acids is 1. The van der Waals surface area contributed by atoms with E-state index in [-0.39, 0.29) is 18.7 Å². The van der Waals surface area contributed by atoms with Crippen LogP contribution in [0.15, 0.2) is 59.5 Å². The lowest BCUT2D eigenvalue weighted by Gasteiger charge is -2.29. The first kappa shape index (κ1) is 12.6. The van der Waals surface area contributed by atoms with Crippen molar-refractivity contribution < 1.29 is 23.7 Å². The fraction of sp³-hybridized carbons (Fsp3) is 0.267. The molecule has 0 aromatic heterocycles. The first-order chi connectivity index (χ1) is 9.78. The topological polar surface area (TPSA) is 54.0 Å². The molecule has 2 aliphatic heterocycles. The van der Waals surface area contributed by atoms with E-state index in [1.807, 2.05) is 24.3 Å². The van der Waals surface area contributed by atoms with E-state index in [9.17, 15) is 4.79 Å². The number of fused-ring (bicyclic) bond motifs is 2. The molecule has 0 amide bonds. The summed E-state index contributed by atoms with van der Waals surface area (Å²) in [6.45, 7) is 1.97. The third kappa shape index (κ3) is 2.34. The Morgan fingerprint density at radius 2 is 2.35 bits per heavy atom. The number of allylic oxidation sites excluding steroid dienone is 4. The van der Waals surface area contributed by atoms with Crippen LogP contribution < -0.4 is 0 Å². The molecule has 20 heavy (non-hydrogen) atoms. The van der Waals surface area contributed by atoms with Gasteiger partial charge in [-0.3, -0.25) is 0 Å². The molecule has 5 heteroatoms. The van der Waals surface area contributed by atoms with Crippen molar-refractivity contribution in [1.82, 2.24) is 0 Å². The van der Waals surface area contributed by atoms with Crippen LogP contribution in [0, 0.1) is 0 Å². The zero-order valence-electron chi connectivity index (χ0n) is 11.0. The minimum atomic E-state index is -0.764. The molecule has 0 spiro atoms. The number of rotatable bonds is 2. The Labute approximate surface area is 116 Å². The molecule has 1 unspecified atom stereocenters. The van der Waals surface area contributed by atoms with Gasteiger partial charge in [-0.15, -0.1) is 0 Å². The van der Waals surface area contributed by atoms with Gasteiger partial charge in [0, 0.05) is 18.1 Å². The molecule has 0 fully saturated rings. The van der Waals surface area contributed by atoms with Gasteiger partial charge in [-0.2, -0.15) is 0 Å². The van der Waals surface area contributed by atoms with Crippen molar-refractivity contribution in [3.63, 3.8) is 0 Å². The van der Waals surface area contributed by atoms with Crippen LogP contribution in [-0.4, -0.2) is 18.9 Å². The van der Waals surface area contributed by atoms with Crippen LogP contribution in [0.5, 0.6) is 0 Å². The van der Waals surface area contributed by atoms with Crippen LogP contribution in [0.1, 0.15) is 13.3 Å². The Bertz CT molecular complexity index is 577. The second-order valence-corrected chi connectivity index (χ2v) is 4.35. The Kier molecular flexibility index (Phi) is 3.33. The Balaban J connectivity index is 1.71. The van der Waals surface area contributed by atoms with Gasteiger partial charge >= 0.3 is 6.16 Å². The van der Waals surface area contributed by atoms with Crippen LogP contribution in [0.25, 0.3) is 0 Å². The molecule has 0 aromatic carbocycles. The quantitative estimate of drug-likeness (QED) is 0.724. The predicted octanol–water partition coefficient (Wildman–Crippen LogP) is 3.08. The van der Waals surface area contributed by atoms with Gasteiger partial charge in [0.05, 0.1) is 12.9 Å². The van der Waals surface area contributed by atoms with E-state index in [4.69, 9.17) is 18.9 Å². The van der Waals surface area contributed by atoms with E-state index < -0.39 is 6.16 Å². The van der Waals surface area contributed by atoms with Gasteiger partial charge in [0.1, 0.15) is 11.9 Å². The van der Waals surface area contributed by atoms with E-state index in [0.29, 0.717) is 12.2 Å². The van der Waals surface area contributed by atoms with Crippen molar-refractivity contribution in [2.75, 3.05) is 6.61 Å². The van der Waals surface area contributed by atoms with Crippen molar-refractivity contribution in [1.29, 1.82) is 0 Å². The predicted molar refractivity (Wildman–Crippen MR) is 70.2 cm³/mol. The fourth-order valence-electron chi connectivity index (χ4n) is 2.22.